The molecule has 0 spiro atoms. The first-order valence-electron chi connectivity index (χ1n) is 5.84. The minimum absolute atomic E-state index is 0.360. The molecule has 94 valence electrons. The first-order chi connectivity index (χ1) is 9.18. The smallest absolute Gasteiger partial charge is 0.306 e. The van der Waals surface area contributed by atoms with Crippen molar-refractivity contribution in [3.05, 3.63) is 69.0 Å². The lowest BCUT2D eigenvalue weighted by molar-refractivity contribution is 0.859. The molecule has 0 saturated heterocycles. The summed E-state index contributed by atoms with van der Waals surface area (Å²) in [6.07, 6.45) is 1.56. The molecule has 0 saturated carbocycles. The predicted octanol–water partition coefficient (Wildman–Crippen LogP) is 1.38. The van der Waals surface area contributed by atoms with Crippen molar-refractivity contribution < 1.29 is 0 Å². The van der Waals surface area contributed by atoms with E-state index in [1.807, 2.05) is 13.0 Å². The van der Waals surface area contributed by atoms with Gasteiger partial charge in [0.05, 0.1) is 10.9 Å². The molecule has 0 amide bonds. The van der Waals surface area contributed by atoms with Crippen molar-refractivity contribution in [1.82, 2.24) is 14.5 Å². The Morgan fingerprint density at radius 3 is 2.68 bits per heavy atom. The third-order valence-corrected chi connectivity index (χ3v) is 3.00. The number of fused-ring (bicyclic) bond motifs is 1. The molecule has 19 heavy (non-hydrogen) atoms. The molecule has 3 rings (SSSR count). The van der Waals surface area contributed by atoms with Crippen LogP contribution in [0.4, 0.5) is 0 Å². The van der Waals surface area contributed by atoms with Gasteiger partial charge in [-0.05, 0) is 30.7 Å². The van der Waals surface area contributed by atoms with Crippen molar-refractivity contribution in [1.29, 1.82) is 0 Å². The SMILES string of the molecule is Cc1cccnc1-n1c(=O)[nH]c2ccccc2c1=O. The van der Waals surface area contributed by atoms with Gasteiger partial charge in [0.15, 0.2) is 0 Å². The lowest BCUT2D eigenvalue weighted by atomic mass is 10.2. The van der Waals surface area contributed by atoms with Crippen molar-refractivity contribution in [2.24, 2.45) is 0 Å². The molecule has 0 aliphatic carbocycles. The van der Waals surface area contributed by atoms with Crippen LogP contribution in [0.1, 0.15) is 5.56 Å². The van der Waals surface area contributed by atoms with Gasteiger partial charge in [0.2, 0.25) is 0 Å². The fourth-order valence-corrected chi connectivity index (χ4v) is 2.07. The second-order valence-electron chi connectivity index (χ2n) is 4.26. The zero-order chi connectivity index (χ0) is 13.4. The first kappa shape index (κ1) is 11.4. The molecule has 0 fully saturated rings. The second kappa shape index (κ2) is 4.20. The molecule has 3 aromatic rings. The van der Waals surface area contributed by atoms with Gasteiger partial charge in [-0.1, -0.05) is 18.2 Å². The van der Waals surface area contributed by atoms with E-state index < -0.39 is 5.69 Å². The van der Waals surface area contributed by atoms with E-state index in [1.54, 1.807) is 36.5 Å². The Bertz CT molecular complexity index is 877. The lowest BCUT2D eigenvalue weighted by Gasteiger charge is -2.07. The van der Waals surface area contributed by atoms with Gasteiger partial charge in [0.1, 0.15) is 5.82 Å². The van der Waals surface area contributed by atoms with E-state index in [-0.39, 0.29) is 5.56 Å². The number of aromatic nitrogens is 3. The molecule has 5 nitrogen and oxygen atoms in total. The van der Waals surface area contributed by atoms with Gasteiger partial charge < -0.3 is 4.98 Å². The summed E-state index contributed by atoms with van der Waals surface area (Å²) in [5, 5.41) is 0.465. The van der Waals surface area contributed by atoms with Crippen LogP contribution in [-0.2, 0) is 0 Å². The van der Waals surface area contributed by atoms with Gasteiger partial charge in [0, 0.05) is 6.20 Å². The second-order valence-corrected chi connectivity index (χ2v) is 4.26. The Labute approximate surface area is 108 Å². The number of para-hydroxylation sites is 1. The fraction of sp³-hybridized carbons (Fsp3) is 0.0714. The van der Waals surface area contributed by atoms with E-state index in [4.69, 9.17) is 0 Å². The summed E-state index contributed by atoms with van der Waals surface area (Å²) in [6, 6.07) is 10.5. The Hall–Kier alpha value is -2.69. The van der Waals surface area contributed by atoms with Crippen molar-refractivity contribution in [2.75, 3.05) is 0 Å². The van der Waals surface area contributed by atoms with Crippen molar-refractivity contribution in [2.45, 2.75) is 6.92 Å². The third kappa shape index (κ3) is 1.76. The minimum Gasteiger partial charge on any atom is -0.306 e. The van der Waals surface area contributed by atoms with E-state index in [9.17, 15) is 9.59 Å². The molecular formula is C14H11N3O2. The molecular weight excluding hydrogens is 242 g/mol. The van der Waals surface area contributed by atoms with E-state index in [1.165, 1.54) is 0 Å². The number of aryl methyl sites for hydroxylation is 1. The van der Waals surface area contributed by atoms with Gasteiger partial charge in [-0.2, -0.15) is 0 Å². The number of rotatable bonds is 1. The molecule has 0 bridgehead atoms. The van der Waals surface area contributed by atoms with Crippen LogP contribution in [0.25, 0.3) is 16.7 Å². The summed E-state index contributed by atoms with van der Waals surface area (Å²) in [5.41, 5.74) is 0.458. The molecule has 2 heterocycles. The molecule has 5 heteroatoms. The van der Waals surface area contributed by atoms with Gasteiger partial charge in [-0.3, -0.25) is 4.79 Å². The monoisotopic (exact) mass is 253 g/mol. The highest BCUT2D eigenvalue weighted by Crippen LogP contribution is 2.08. The lowest BCUT2D eigenvalue weighted by Crippen LogP contribution is -2.34. The maximum atomic E-state index is 12.4. The molecule has 0 aliphatic rings. The Kier molecular flexibility index (Phi) is 2.52. The van der Waals surface area contributed by atoms with Crippen molar-refractivity contribution >= 4 is 10.9 Å². The van der Waals surface area contributed by atoms with Crippen molar-refractivity contribution in [3.63, 3.8) is 0 Å². The summed E-state index contributed by atoms with van der Waals surface area (Å²) < 4.78 is 1.07. The zero-order valence-electron chi connectivity index (χ0n) is 10.3. The number of benzene rings is 1. The van der Waals surface area contributed by atoms with E-state index in [0.717, 1.165) is 10.1 Å². The Balaban J connectivity index is 2.47. The van der Waals surface area contributed by atoms with Gasteiger partial charge >= 0.3 is 5.69 Å². The number of pyridine rings is 1. The van der Waals surface area contributed by atoms with Crippen LogP contribution in [-0.4, -0.2) is 14.5 Å². The predicted molar refractivity (Wildman–Crippen MR) is 72.7 cm³/mol. The molecule has 1 aromatic carbocycles. The van der Waals surface area contributed by atoms with Gasteiger partial charge in [-0.25, -0.2) is 14.3 Å². The first-order valence-corrected chi connectivity index (χ1v) is 5.84. The number of hydrogen-bond acceptors (Lipinski definition) is 3. The number of H-pyrrole nitrogens is 1. The van der Waals surface area contributed by atoms with Crippen LogP contribution in [0.3, 0.4) is 0 Å². The minimum atomic E-state index is -0.481. The summed E-state index contributed by atoms with van der Waals surface area (Å²) in [7, 11) is 0. The summed E-state index contributed by atoms with van der Waals surface area (Å²) in [6.45, 7) is 1.81. The highest BCUT2D eigenvalue weighted by Gasteiger charge is 2.11. The van der Waals surface area contributed by atoms with Crippen LogP contribution in [0.15, 0.2) is 52.2 Å². The zero-order valence-corrected chi connectivity index (χ0v) is 10.3. The maximum Gasteiger partial charge on any atom is 0.334 e. The molecule has 0 aliphatic heterocycles. The molecule has 2 aromatic heterocycles. The van der Waals surface area contributed by atoms with Crippen LogP contribution >= 0.6 is 0 Å². The molecule has 0 unspecified atom stereocenters. The number of nitrogens with one attached hydrogen (secondary N) is 1. The topological polar surface area (TPSA) is 67.8 Å². The van der Waals surface area contributed by atoms with Crippen LogP contribution in [0.5, 0.6) is 0 Å². The largest absolute Gasteiger partial charge is 0.334 e. The highest BCUT2D eigenvalue weighted by molar-refractivity contribution is 5.77. The van der Waals surface area contributed by atoms with Crippen LogP contribution in [0.2, 0.25) is 0 Å². The summed E-state index contributed by atoms with van der Waals surface area (Å²) >= 11 is 0. The van der Waals surface area contributed by atoms with Crippen LogP contribution in [0, 0.1) is 6.92 Å². The molecule has 1 N–H and O–H groups in total. The maximum absolute atomic E-state index is 12.4. The number of aromatic amines is 1. The molecule has 0 atom stereocenters. The third-order valence-electron chi connectivity index (χ3n) is 3.00. The summed E-state index contributed by atoms with van der Waals surface area (Å²) in [5.74, 6) is 0.361. The Morgan fingerprint density at radius 2 is 1.89 bits per heavy atom. The normalized spacial score (nSPS) is 10.8. The van der Waals surface area contributed by atoms with Crippen molar-refractivity contribution in [3.8, 4) is 5.82 Å². The number of hydrogen-bond donors (Lipinski definition) is 1. The van der Waals surface area contributed by atoms with Gasteiger partial charge in [-0.15, -0.1) is 0 Å². The average molecular weight is 253 g/mol. The van der Waals surface area contributed by atoms with E-state index in [0.29, 0.717) is 16.7 Å². The standard InChI is InChI=1S/C14H11N3O2/c1-9-5-4-8-15-12(9)17-13(18)10-6-2-3-7-11(10)16-14(17)19/h2-8H,1H3,(H,16,19). The fourth-order valence-electron chi connectivity index (χ4n) is 2.07. The van der Waals surface area contributed by atoms with Gasteiger partial charge in [0.25, 0.3) is 5.56 Å². The van der Waals surface area contributed by atoms with E-state index >= 15 is 0 Å². The van der Waals surface area contributed by atoms with Crippen LogP contribution < -0.4 is 11.2 Å². The summed E-state index contributed by atoms with van der Waals surface area (Å²) in [4.78, 5) is 31.3. The Morgan fingerprint density at radius 1 is 1.11 bits per heavy atom. The quantitative estimate of drug-likeness (QED) is 0.712. The number of nitrogens with zero attached hydrogens (tertiary/aromatic N) is 2. The molecule has 0 radical (unpaired) electrons. The van der Waals surface area contributed by atoms with E-state index in [2.05, 4.69) is 9.97 Å². The average Bonchev–Trinajstić information content (AvgIpc) is 2.41. The highest BCUT2D eigenvalue weighted by atomic mass is 16.2.